The number of carbonyl (C=O) groups excluding carboxylic acids is 1. The maximum Gasteiger partial charge on any atom is 0.238 e. The van der Waals surface area contributed by atoms with E-state index in [1.54, 1.807) is 12.1 Å². The van der Waals surface area contributed by atoms with Crippen molar-refractivity contribution in [2.45, 2.75) is 19.8 Å². The summed E-state index contributed by atoms with van der Waals surface area (Å²) >= 11 is 0. The van der Waals surface area contributed by atoms with Crippen molar-refractivity contribution in [3.8, 4) is 11.6 Å². The van der Waals surface area contributed by atoms with Gasteiger partial charge in [0, 0.05) is 23.9 Å². The largest absolute Gasteiger partial charge is 0.435 e. The molecule has 0 aliphatic carbocycles. The fourth-order valence-electron chi connectivity index (χ4n) is 2.07. The van der Waals surface area contributed by atoms with Crippen LogP contribution in [0.4, 0.5) is 11.4 Å². The summed E-state index contributed by atoms with van der Waals surface area (Å²) in [6.45, 7) is 1.89. The Morgan fingerprint density at radius 2 is 2.16 bits per heavy atom. The molecule has 0 fully saturated rings. The number of aryl methyl sites for hydroxylation is 2. The van der Waals surface area contributed by atoms with Gasteiger partial charge in [0.2, 0.25) is 11.8 Å². The quantitative estimate of drug-likeness (QED) is 0.718. The van der Waals surface area contributed by atoms with Crippen LogP contribution < -0.4 is 15.8 Å². The molecule has 2 heterocycles. The van der Waals surface area contributed by atoms with Crippen LogP contribution in [0.2, 0.25) is 0 Å². The number of hydrogen-bond donors (Lipinski definition) is 3. The number of carbonyl (C=O) groups is 1. The Hall–Kier alpha value is -2.50. The highest BCUT2D eigenvalue weighted by molar-refractivity contribution is 5.94. The Bertz CT molecular complexity index is 648. The fourth-order valence-corrected chi connectivity index (χ4v) is 2.07. The number of nitrogen functional groups attached to an aromatic ring is 1. The van der Waals surface area contributed by atoms with Gasteiger partial charge in [-0.05, 0) is 31.0 Å². The van der Waals surface area contributed by atoms with Gasteiger partial charge in [-0.25, -0.2) is 0 Å². The molecule has 98 valence electrons. The Morgan fingerprint density at radius 3 is 2.89 bits per heavy atom. The molecule has 3 rings (SSSR count). The topological polar surface area (TPSA) is 93.0 Å². The van der Waals surface area contributed by atoms with Crippen LogP contribution in [0.5, 0.6) is 11.6 Å². The highest BCUT2D eigenvalue weighted by Crippen LogP contribution is 2.34. The molecule has 0 spiro atoms. The SMILES string of the molecule is Cc1cc(Oc2cc3c(cc2N)NC(=O)CC3)n[nH]1. The van der Waals surface area contributed by atoms with Gasteiger partial charge in [0.05, 0.1) is 5.69 Å². The Kier molecular flexibility index (Phi) is 2.63. The second kappa shape index (κ2) is 4.31. The van der Waals surface area contributed by atoms with Crippen molar-refractivity contribution in [2.75, 3.05) is 11.1 Å². The van der Waals surface area contributed by atoms with E-state index in [4.69, 9.17) is 10.5 Å². The number of benzene rings is 1. The Morgan fingerprint density at radius 1 is 1.32 bits per heavy atom. The van der Waals surface area contributed by atoms with Crippen LogP contribution >= 0.6 is 0 Å². The number of nitrogens with two attached hydrogens (primary N) is 1. The van der Waals surface area contributed by atoms with Gasteiger partial charge in [-0.1, -0.05) is 0 Å². The molecule has 19 heavy (non-hydrogen) atoms. The molecule has 4 N–H and O–H groups in total. The molecular weight excluding hydrogens is 244 g/mol. The minimum Gasteiger partial charge on any atom is -0.435 e. The average molecular weight is 258 g/mol. The molecule has 0 atom stereocenters. The molecule has 1 aromatic heterocycles. The van der Waals surface area contributed by atoms with Gasteiger partial charge in [-0.3, -0.25) is 9.89 Å². The zero-order valence-corrected chi connectivity index (χ0v) is 10.5. The van der Waals surface area contributed by atoms with E-state index < -0.39 is 0 Å². The summed E-state index contributed by atoms with van der Waals surface area (Å²) in [5.74, 6) is 1.05. The van der Waals surface area contributed by atoms with Crippen LogP contribution in [0, 0.1) is 6.92 Å². The van der Waals surface area contributed by atoms with E-state index in [0.29, 0.717) is 30.2 Å². The molecule has 6 heteroatoms. The van der Waals surface area contributed by atoms with Crippen molar-refractivity contribution < 1.29 is 9.53 Å². The lowest BCUT2D eigenvalue weighted by molar-refractivity contribution is -0.116. The number of aromatic amines is 1. The Labute approximate surface area is 110 Å². The monoisotopic (exact) mass is 258 g/mol. The van der Waals surface area contributed by atoms with Crippen molar-refractivity contribution in [1.82, 2.24) is 10.2 Å². The van der Waals surface area contributed by atoms with Gasteiger partial charge >= 0.3 is 0 Å². The van der Waals surface area contributed by atoms with Crippen molar-refractivity contribution in [3.05, 3.63) is 29.5 Å². The predicted molar refractivity (Wildman–Crippen MR) is 71.2 cm³/mol. The van der Waals surface area contributed by atoms with Gasteiger partial charge in [0.25, 0.3) is 0 Å². The smallest absolute Gasteiger partial charge is 0.238 e. The lowest BCUT2D eigenvalue weighted by atomic mass is 10.0. The van der Waals surface area contributed by atoms with Crippen LogP contribution in [0.25, 0.3) is 0 Å². The Balaban J connectivity index is 1.92. The van der Waals surface area contributed by atoms with Gasteiger partial charge in [-0.15, -0.1) is 5.10 Å². The van der Waals surface area contributed by atoms with E-state index in [2.05, 4.69) is 15.5 Å². The molecule has 1 aliphatic heterocycles. The van der Waals surface area contributed by atoms with Crippen molar-refractivity contribution >= 4 is 17.3 Å². The first kappa shape index (κ1) is 11.6. The summed E-state index contributed by atoms with van der Waals surface area (Å²) < 4.78 is 5.64. The number of rotatable bonds is 2. The first-order chi connectivity index (χ1) is 9.11. The third-order valence-corrected chi connectivity index (χ3v) is 3.03. The van der Waals surface area contributed by atoms with Gasteiger partial charge in [0.15, 0.2) is 5.75 Å². The average Bonchev–Trinajstić information content (AvgIpc) is 2.76. The lowest BCUT2D eigenvalue weighted by Gasteiger charge is -2.18. The number of fused-ring (bicyclic) bond motifs is 1. The van der Waals surface area contributed by atoms with Crippen molar-refractivity contribution in [1.29, 1.82) is 0 Å². The molecule has 0 unspecified atom stereocenters. The summed E-state index contributed by atoms with van der Waals surface area (Å²) in [7, 11) is 0. The fraction of sp³-hybridized carbons (Fsp3) is 0.231. The van der Waals surface area contributed by atoms with Gasteiger partial charge in [0.1, 0.15) is 0 Å². The van der Waals surface area contributed by atoms with Gasteiger partial charge < -0.3 is 15.8 Å². The van der Waals surface area contributed by atoms with Gasteiger partial charge in [-0.2, -0.15) is 0 Å². The number of aromatic nitrogens is 2. The summed E-state index contributed by atoms with van der Waals surface area (Å²) in [6, 6.07) is 5.37. The summed E-state index contributed by atoms with van der Waals surface area (Å²) in [5.41, 5.74) is 9.11. The lowest BCUT2D eigenvalue weighted by Crippen LogP contribution is -2.19. The number of nitrogens with one attached hydrogen (secondary N) is 2. The zero-order valence-electron chi connectivity index (χ0n) is 10.5. The highest BCUT2D eigenvalue weighted by Gasteiger charge is 2.17. The maximum absolute atomic E-state index is 11.3. The molecule has 1 aromatic carbocycles. The number of anilines is 2. The maximum atomic E-state index is 11.3. The van der Waals surface area contributed by atoms with Crippen molar-refractivity contribution in [3.63, 3.8) is 0 Å². The van der Waals surface area contributed by atoms with Crippen molar-refractivity contribution in [2.24, 2.45) is 0 Å². The van der Waals surface area contributed by atoms with E-state index >= 15 is 0 Å². The molecule has 6 nitrogen and oxygen atoms in total. The molecule has 0 saturated carbocycles. The molecule has 0 saturated heterocycles. The van der Waals surface area contributed by atoms with E-state index in [0.717, 1.165) is 16.9 Å². The summed E-state index contributed by atoms with van der Waals surface area (Å²) in [5, 5.41) is 9.61. The third kappa shape index (κ3) is 2.24. The summed E-state index contributed by atoms with van der Waals surface area (Å²) in [4.78, 5) is 11.3. The normalized spacial score (nSPS) is 13.8. The first-order valence-corrected chi connectivity index (χ1v) is 6.04. The minimum absolute atomic E-state index is 0.0171. The van der Waals surface area contributed by atoms with Crippen LogP contribution in [0.15, 0.2) is 18.2 Å². The molecule has 0 radical (unpaired) electrons. The van der Waals surface area contributed by atoms with Crippen LogP contribution in [0.1, 0.15) is 17.7 Å². The second-order valence-electron chi connectivity index (χ2n) is 4.59. The molecule has 0 bridgehead atoms. The highest BCUT2D eigenvalue weighted by atomic mass is 16.5. The van der Waals surface area contributed by atoms with Crippen LogP contribution in [-0.2, 0) is 11.2 Å². The first-order valence-electron chi connectivity index (χ1n) is 6.04. The summed E-state index contributed by atoms with van der Waals surface area (Å²) in [6.07, 6.45) is 1.18. The van der Waals surface area contributed by atoms with Crippen LogP contribution in [0.3, 0.4) is 0 Å². The van der Waals surface area contributed by atoms with Crippen LogP contribution in [-0.4, -0.2) is 16.1 Å². The number of H-pyrrole nitrogens is 1. The standard InChI is InChI=1S/C13H14N4O2/c1-7-4-13(17-16-7)19-11-5-8-2-3-12(18)15-10(8)6-9(11)14/h4-6H,2-3,14H2,1H3,(H,15,18)(H,16,17). The third-order valence-electron chi connectivity index (χ3n) is 3.03. The van der Waals surface area contributed by atoms with E-state index in [1.165, 1.54) is 0 Å². The molecular formula is C13H14N4O2. The van der Waals surface area contributed by atoms with E-state index in [1.807, 2.05) is 13.0 Å². The number of amides is 1. The zero-order chi connectivity index (χ0) is 13.4. The van der Waals surface area contributed by atoms with E-state index in [-0.39, 0.29) is 5.91 Å². The number of hydrogen-bond acceptors (Lipinski definition) is 4. The second-order valence-corrected chi connectivity index (χ2v) is 4.59. The predicted octanol–water partition coefficient (Wildman–Crippen LogP) is 1.98. The molecule has 1 amide bonds. The van der Waals surface area contributed by atoms with E-state index in [9.17, 15) is 4.79 Å². The molecule has 1 aliphatic rings. The number of ether oxygens (including phenoxy) is 1. The number of nitrogens with zero attached hydrogens (tertiary/aromatic N) is 1. The minimum atomic E-state index is 0.0171. The molecule has 2 aromatic rings.